The van der Waals surface area contributed by atoms with E-state index in [0.29, 0.717) is 24.0 Å². The third-order valence-electron chi connectivity index (χ3n) is 4.30. The smallest absolute Gasteiger partial charge is 0.250 e. The van der Waals surface area contributed by atoms with Crippen LogP contribution < -0.4 is 14.9 Å². The van der Waals surface area contributed by atoms with Gasteiger partial charge >= 0.3 is 0 Å². The van der Waals surface area contributed by atoms with Gasteiger partial charge in [0.15, 0.2) is 15.8 Å². The van der Waals surface area contributed by atoms with Crippen molar-refractivity contribution in [2.75, 3.05) is 19.5 Å². The van der Waals surface area contributed by atoms with Gasteiger partial charge in [-0.2, -0.15) is 5.10 Å². The van der Waals surface area contributed by atoms with Gasteiger partial charge in [0.25, 0.3) is 5.91 Å². The van der Waals surface area contributed by atoms with E-state index < -0.39 is 0 Å². The number of nitrogens with zero attached hydrogens (tertiary/aromatic N) is 3. The normalized spacial score (nSPS) is 11.1. The second-order valence-electron chi connectivity index (χ2n) is 7.26. The lowest BCUT2D eigenvalue weighted by atomic mass is 10.1. The predicted molar refractivity (Wildman–Crippen MR) is 130 cm³/mol. The molecule has 7 nitrogen and oxygen atoms in total. The highest BCUT2D eigenvalue weighted by molar-refractivity contribution is 8.01. The Balaban J connectivity index is 1.47. The van der Waals surface area contributed by atoms with E-state index in [4.69, 9.17) is 9.47 Å². The summed E-state index contributed by atoms with van der Waals surface area (Å²) >= 11 is 2.79. The van der Waals surface area contributed by atoms with Gasteiger partial charge in [-0.1, -0.05) is 67.3 Å². The first-order chi connectivity index (χ1) is 15.5. The minimum absolute atomic E-state index is 0.201. The second-order valence-corrected chi connectivity index (χ2v) is 9.46. The van der Waals surface area contributed by atoms with E-state index in [9.17, 15) is 4.79 Å². The van der Waals surface area contributed by atoms with E-state index in [-0.39, 0.29) is 11.7 Å². The SMILES string of the molecule is COc1cc(C=NNC(=O)CSc2nnc(-c3ccccc3)s2)ccc1OCCC(C)C. The number of aromatic nitrogens is 2. The van der Waals surface area contributed by atoms with Crippen LogP contribution in [0.25, 0.3) is 10.6 Å². The molecule has 3 rings (SSSR count). The molecule has 0 unspecified atom stereocenters. The van der Waals surface area contributed by atoms with E-state index in [2.05, 4.69) is 34.6 Å². The van der Waals surface area contributed by atoms with Crippen LogP contribution in [0.15, 0.2) is 58.0 Å². The van der Waals surface area contributed by atoms with Crippen LogP contribution >= 0.6 is 23.1 Å². The fraction of sp³-hybridized carbons (Fsp3) is 0.304. The topological polar surface area (TPSA) is 85.7 Å². The highest BCUT2D eigenvalue weighted by Gasteiger charge is 2.09. The number of thioether (sulfide) groups is 1. The monoisotopic (exact) mass is 470 g/mol. The van der Waals surface area contributed by atoms with Crippen LogP contribution in [0.1, 0.15) is 25.8 Å². The molecule has 0 fully saturated rings. The van der Waals surface area contributed by atoms with Gasteiger partial charge in [0.05, 0.1) is 25.7 Å². The molecule has 1 amide bonds. The number of hydrazone groups is 1. The zero-order valence-electron chi connectivity index (χ0n) is 18.3. The number of carbonyl (C=O) groups excluding carboxylic acids is 1. The molecule has 0 aliphatic rings. The Hall–Kier alpha value is -2.91. The molecule has 0 aliphatic carbocycles. The van der Waals surface area contributed by atoms with Crippen LogP contribution in [-0.2, 0) is 4.79 Å². The van der Waals surface area contributed by atoms with Gasteiger partial charge in [-0.3, -0.25) is 4.79 Å². The Morgan fingerprint density at radius 2 is 2.00 bits per heavy atom. The number of hydrogen-bond acceptors (Lipinski definition) is 8. The van der Waals surface area contributed by atoms with Gasteiger partial charge in [0.2, 0.25) is 0 Å². The van der Waals surface area contributed by atoms with Crippen molar-refractivity contribution < 1.29 is 14.3 Å². The van der Waals surface area contributed by atoms with Gasteiger partial charge in [-0.25, -0.2) is 5.43 Å². The molecule has 9 heteroatoms. The number of methoxy groups -OCH3 is 1. The van der Waals surface area contributed by atoms with Crippen molar-refractivity contribution in [2.24, 2.45) is 11.0 Å². The maximum Gasteiger partial charge on any atom is 0.250 e. The Morgan fingerprint density at radius 3 is 2.75 bits per heavy atom. The fourth-order valence-corrected chi connectivity index (χ4v) is 4.24. The molecular weight excluding hydrogens is 444 g/mol. The second kappa shape index (κ2) is 12.2. The van der Waals surface area contributed by atoms with E-state index in [1.54, 1.807) is 13.3 Å². The Morgan fingerprint density at radius 1 is 1.19 bits per heavy atom. The standard InChI is InChI=1S/C23H26N4O3S2/c1-16(2)11-12-30-19-10-9-17(13-20(19)29-3)14-24-25-21(28)15-31-23-27-26-22(32-23)18-7-5-4-6-8-18/h4-10,13-14,16H,11-12,15H2,1-3H3,(H,25,28). The molecule has 0 aliphatic heterocycles. The summed E-state index contributed by atoms with van der Waals surface area (Å²) in [4.78, 5) is 12.1. The molecule has 0 saturated carbocycles. The Kier molecular flexibility index (Phi) is 9.06. The van der Waals surface area contributed by atoms with Crippen molar-refractivity contribution in [2.45, 2.75) is 24.6 Å². The number of carbonyl (C=O) groups is 1. The first-order valence-electron chi connectivity index (χ1n) is 10.2. The quantitative estimate of drug-likeness (QED) is 0.244. The van der Waals surface area contributed by atoms with Crippen LogP contribution in [0.4, 0.5) is 0 Å². The average Bonchev–Trinajstić information content (AvgIpc) is 3.28. The molecule has 1 N–H and O–H groups in total. The first-order valence-corrected chi connectivity index (χ1v) is 12.0. The van der Waals surface area contributed by atoms with Gasteiger partial charge < -0.3 is 9.47 Å². The molecule has 0 saturated heterocycles. The molecule has 2 aromatic carbocycles. The minimum Gasteiger partial charge on any atom is -0.493 e. The van der Waals surface area contributed by atoms with Crippen LogP contribution in [0.2, 0.25) is 0 Å². The number of nitrogens with one attached hydrogen (secondary N) is 1. The number of benzene rings is 2. The van der Waals surface area contributed by atoms with Crippen LogP contribution in [-0.4, -0.2) is 41.8 Å². The molecule has 0 atom stereocenters. The van der Waals surface area contributed by atoms with E-state index in [0.717, 1.165) is 26.9 Å². The van der Waals surface area contributed by atoms with Crippen molar-refractivity contribution >= 4 is 35.2 Å². The molecule has 1 aromatic heterocycles. The zero-order valence-corrected chi connectivity index (χ0v) is 19.9. The summed E-state index contributed by atoms with van der Waals surface area (Å²) in [7, 11) is 1.60. The van der Waals surface area contributed by atoms with Crippen LogP contribution in [0, 0.1) is 5.92 Å². The molecule has 0 spiro atoms. The summed E-state index contributed by atoms with van der Waals surface area (Å²) in [6, 6.07) is 15.4. The summed E-state index contributed by atoms with van der Waals surface area (Å²) in [5.74, 6) is 1.88. The largest absolute Gasteiger partial charge is 0.493 e. The molecule has 168 valence electrons. The molecule has 0 bridgehead atoms. The minimum atomic E-state index is -0.219. The Labute approximate surface area is 196 Å². The molecule has 32 heavy (non-hydrogen) atoms. The van der Waals surface area contributed by atoms with Gasteiger partial charge in [-0.15, -0.1) is 10.2 Å². The zero-order chi connectivity index (χ0) is 22.8. The summed E-state index contributed by atoms with van der Waals surface area (Å²) in [6.07, 6.45) is 2.54. The maximum absolute atomic E-state index is 12.1. The van der Waals surface area contributed by atoms with Crippen molar-refractivity contribution in [3.63, 3.8) is 0 Å². The third kappa shape index (κ3) is 7.35. The van der Waals surface area contributed by atoms with Gasteiger partial charge in [0.1, 0.15) is 5.01 Å². The Bertz CT molecular complexity index is 1040. The number of amides is 1. The van der Waals surface area contributed by atoms with Crippen molar-refractivity contribution in [3.8, 4) is 22.1 Å². The molecule has 3 aromatic rings. The lowest BCUT2D eigenvalue weighted by molar-refractivity contribution is -0.118. The highest BCUT2D eigenvalue weighted by Crippen LogP contribution is 2.29. The van der Waals surface area contributed by atoms with Crippen LogP contribution in [0.5, 0.6) is 11.5 Å². The van der Waals surface area contributed by atoms with Gasteiger partial charge in [0, 0.05) is 5.56 Å². The summed E-state index contributed by atoms with van der Waals surface area (Å²) < 4.78 is 11.9. The van der Waals surface area contributed by atoms with Crippen LogP contribution in [0.3, 0.4) is 0 Å². The van der Waals surface area contributed by atoms with E-state index in [1.165, 1.54) is 23.1 Å². The lowest BCUT2D eigenvalue weighted by Crippen LogP contribution is -2.19. The van der Waals surface area contributed by atoms with E-state index >= 15 is 0 Å². The average molecular weight is 471 g/mol. The maximum atomic E-state index is 12.1. The predicted octanol–water partition coefficient (Wildman–Crippen LogP) is 4.88. The van der Waals surface area contributed by atoms with Gasteiger partial charge in [-0.05, 0) is 36.1 Å². The van der Waals surface area contributed by atoms with Crippen molar-refractivity contribution in [1.29, 1.82) is 0 Å². The molecule has 1 heterocycles. The first kappa shape index (κ1) is 23.7. The summed E-state index contributed by atoms with van der Waals surface area (Å²) in [6.45, 7) is 4.95. The van der Waals surface area contributed by atoms with Crippen molar-refractivity contribution in [1.82, 2.24) is 15.6 Å². The summed E-state index contributed by atoms with van der Waals surface area (Å²) in [5, 5.41) is 13.2. The summed E-state index contributed by atoms with van der Waals surface area (Å²) in [5.41, 5.74) is 4.34. The lowest BCUT2D eigenvalue weighted by Gasteiger charge is -2.12. The third-order valence-corrected chi connectivity index (χ3v) is 6.40. The molecular formula is C23H26N4O3S2. The van der Waals surface area contributed by atoms with E-state index in [1.807, 2.05) is 48.5 Å². The number of ether oxygens (including phenoxy) is 2. The number of hydrogen-bond donors (Lipinski definition) is 1. The van der Waals surface area contributed by atoms with Crippen molar-refractivity contribution in [3.05, 3.63) is 54.1 Å². The number of rotatable bonds is 11. The highest BCUT2D eigenvalue weighted by atomic mass is 32.2. The fourth-order valence-electron chi connectivity index (χ4n) is 2.59. The molecule has 0 radical (unpaired) electrons.